The quantitative estimate of drug-likeness (QED) is 0.790. The zero-order valence-electron chi connectivity index (χ0n) is 15.5. The third-order valence-electron chi connectivity index (χ3n) is 4.52. The van der Waals surface area contributed by atoms with Crippen molar-refractivity contribution in [1.82, 2.24) is 15.1 Å². The first kappa shape index (κ1) is 18.8. The normalized spacial score (nSPS) is 14.9. The number of fused-ring (bicyclic) bond motifs is 1. The lowest BCUT2D eigenvalue weighted by atomic mass is 9.98. The number of hydrogen-bond acceptors (Lipinski definition) is 4. The monoisotopic (exact) mass is 365 g/mol. The first-order chi connectivity index (χ1) is 13.0. The van der Waals surface area contributed by atoms with Crippen LogP contribution in [-0.4, -0.2) is 54.7 Å². The molecule has 0 aliphatic carbocycles. The van der Waals surface area contributed by atoms with Gasteiger partial charge in [0.2, 0.25) is 11.8 Å². The van der Waals surface area contributed by atoms with Gasteiger partial charge in [-0.2, -0.15) is 0 Å². The van der Waals surface area contributed by atoms with Gasteiger partial charge in [-0.05, 0) is 31.3 Å². The van der Waals surface area contributed by atoms with Gasteiger partial charge in [0.25, 0.3) is 5.91 Å². The summed E-state index contributed by atoms with van der Waals surface area (Å²) in [5, 5.41) is 2.95. The smallest absolute Gasteiger partial charge is 0.261 e. The summed E-state index contributed by atoms with van der Waals surface area (Å²) >= 11 is 0. The Morgan fingerprint density at radius 2 is 1.74 bits per heavy atom. The topological polar surface area (TPSA) is 69.7 Å². The standard InChI is InChI=1S/C21H23N3O3/c1-23(2)13-18(15-8-4-3-5-9-15)22-19(25)14-24-20(26)12-16-10-6-7-11-17(16)21(24)27/h3-11,18H,12-14H2,1-2H3,(H,22,25)/t18-/m1/s1. The summed E-state index contributed by atoms with van der Waals surface area (Å²) in [7, 11) is 3.85. The molecule has 3 amide bonds. The second-order valence-electron chi connectivity index (χ2n) is 6.91. The Kier molecular flexibility index (Phi) is 5.66. The Hall–Kier alpha value is -2.99. The van der Waals surface area contributed by atoms with Gasteiger partial charge >= 0.3 is 0 Å². The number of hydrogen-bond donors (Lipinski definition) is 1. The zero-order valence-corrected chi connectivity index (χ0v) is 15.5. The molecule has 6 nitrogen and oxygen atoms in total. The van der Waals surface area contributed by atoms with Gasteiger partial charge in [0.05, 0.1) is 12.5 Å². The fourth-order valence-electron chi connectivity index (χ4n) is 3.23. The van der Waals surface area contributed by atoms with Gasteiger partial charge < -0.3 is 10.2 Å². The van der Waals surface area contributed by atoms with Crippen molar-refractivity contribution in [1.29, 1.82) is 0 Å². The first-order valence-corrected chi connectivity index (χ1v) is 8.87. The lowest BCUT2D eigenvalue weighted by molar-refractivity contribution is -0.133. The highest BCUT2D eigenvalue weighted by molar-refractivity contribution is 6.11. The van der Waals surface area contributed by atoms with Crippen LogP contribution in [0.5, 0.6) is 0 Å². The summed E-state index contributed by atoms with van der Waals surface area (Å²) in [5.74, 6) is -1.12. The Labute approximate surface area is 158 Å². The summed E-state index contributed by atoms with van der Waals surface area (Å²) in [6.07, 6.45) is 0.134. The van der Waals surface area contributed by atoms with Crippen LogP contribution in [0.2, 0.25) is 0 Å². The lowest BCUT2D eigenvalue weighted by Gasteiger charge is -2.28. The van der Waals surface area contributed by atoms with E-state index >= 15 is 0 Å². The molecule has 1 N–H and O–H groups in total. The molecule has 1 aliphatic heterocycles. The van der Waals surface area contributed by atoms with Gasteiger partial charge in [-0.15, -0.1) is 0 Å². The molecule has 3 rings (SSSR count). The van der Waals surface area contributed by atoms with Crippen LogP contribution in [0.25, 0.3) is 0 Å². The number of nitrogens with zero attached hydrogens (tertiary/aromatic N) is 2. The van der Waals surface area contributed by atoms with Crippen molar-refractivity contribution in [2.24, 2.45) is 0 Å². The molecule has 0 fully saturated rings. The Balaban J connectivity index is 1.72. The molecule has 2 aromatic carbocycles. The predicted molar refractivity (Wildman–Crippen MR) is 102 cm³/mol. The summed E-state index contributed by atoms with van der Waals surface area (Å²) in [5.41, 5.74) is 2.16. The van der Waals surface area contributed by atoms with E-state index in [1.165, 1.54) is 0 Å². The van der Waals surface area contributed by atoms with Crippen LogP contribution in [0.1, 0.15) is 27.5 Å². The maximum atomic E-state index is 12.6. The van der Waals surface area contributed by atoms with Crippen LogP contribution in [0.3, 0.4) is 0 Å². The van der Waals surface area contributed by atoms with Gasteiger partial charge in [-0.25, -0.2) is 0 Å². The number of nitrogens with one attached hydrogen (secondary N) is 1. The van der Waals surface area contributed by atoms with E-state index in [-0.39, 0.29) is 30.8 Å². The molecule has 0 saturated carbocycles. The zero-order chi connectivity index (χ0) is 19.4. The Bertz CT molecular complexity index is 849. The van der Waals surface area contributed by atoms with Crippen LogP contribution < -0.4 is 5.32 Å². The highest BCUT2D eigenvalue weighted by atomic mass is 16.2. The highest BCUT2D eigenvalue weighted by Crippen LogP contribution is 2.20. The molecule has 0 spiro atoms. The molecule has 2 aromatic rings. The third-order valence-corrected chi connectivity index (χ3v) is 4.52. The van der Waals surface area contributed by atoms with E-state index in [1.54, 1.807) is 24.3 Å². The minimum Gasteiger partial charge on any atom is -0.346 e. The second-order valence-corrected chi connectivity index (χ2v) is 6.91. The molecule has 140 valence electrons. The number of amides is 3. The summed E-state index contributed by atoms with van der Waals surface area (Å²) in [6.45, 7) is 0.337. The van der Waals surface area contributed by atoms with Crippen molar-refractivity contribution in [3.63, 3.8) is 0 Å². The summed E-state index contributed by atoms with van der Waals surface area (Å²) in [4.78, 5) is 40.6. The van der Waals surface area contributed by atoms with Gasteiger partial charge in [0.1, 0.15) is 6.54 Å². The van der Waals surface area contributed by atoms with Crippen molar-refractivity contribution >= 4 is 17.7 Å². The number of imide groups is 1. The number of carbonyl (C=O) groups excluding carboxylic acids is 3. The van der Waals surface area contributed by atoms with E-state index in [0.717, 1.165) is 10.5 Å². The van der Waals surface area contributed by atoms with Crippen LogP contribution in [0, 0.1) is 0 Å². The largest absolute Gasteiger partial charge is 0.346 e. The molecule has 1 atom stereocenters. The van der Waals surface area contributed by atoms with E-state index < -0.39 is 5.91 Å². The maximum Gasteiger partial charge on any atom is 0.261 e. The van der Waals surface area contributed by atoms with Crippen molar-refractivity contribution in [2.45, 2.75) is 12.5 Å². The third kappa shape index (κ3) is 4.41. The number of carbonyl (C=O) groups is 3. The Morgan fingerprint density at radius 3 is 2.44 bits per heavy atom. The molecule has 0 saturated heterocycles. The number of benzene rings is 2. The van der Waals surface area contributed by atoms with Crippen LogP contribution in [0.15, 0.2) is 54.6 Å². The van der Waals surface area contributed by atoms with Gasteiger partial charge in [-0.3, -0.25) is 19.3 Å². The van der Waals surface area contributed by atoms with Crippen molar-refractivity contribution < 1.29 is 14.4 Å². The summed E-state index contributed by atoms with van der Waals surface area (Å²) < 4.78 is 0. The highest BCUT2D eigenvalue weighted by Gasteiger charge is 2.32. The van der Waals surface area contributed by atoms with Crippen LogP contribution in [0.4, 0.5) is 0 Å². The molecule has 0 bridgehead atoms. The van der Waals surface area contributed by atoms with Gasteiger partial charge in [0, 0.05) is 12.1 Å². The van der Waals surface area contributed by atoms with Crippen LogP contribution >= 0.6 is 0 Å². The fourth-order valence-corrected chi connectivity index (χ4v) is 3.23. The average Bonchev–Trinajstić information content (AvgIpc) is 2.65. The van der Waals surface area contributed by atoms with E-state index in [1.807, 2.05) is 49.3 Å². The molecular formula is C21H23N3O3. The van der Waals surface area contributed by atoms with Crippen molar-refractivity contribution in [3.8, 4) is 0 Å². The molecule has 27 heavy (non-hydrogen) atoms. The first-order valence-electron chi connectivity index (χ1n) is 8.87. The number of likely N-dealkylation sites (N-methyl/N-ethyl adjacent to an activating group) is 1. The van der Waals surface area contributed by atoms with E-state index in [4.69, 9.17) is 0 Å². The van der Waals surface area contributed by atoms with Crippen molar-refractivity contribution in [3.05, 3.63) is 71.3 Å². The Morgan fingerprint density at radius 1 is 1.07 bits per heavy atom. The van der Waals surface area contributed by atoms with E-state index in [9.17, 15) is 14.4 Å². The SMILES string of the molecule is CN(C)C[C@@H](NC(=O)CN1C(=O)Cc2ccccc2C1=O)c1ccccc1. The van der Waals surface area contributed by atoms with Gasteiger partial charge in [-0.1, -0.05) is 48.5 Å². The van der Waals surface area contributed by atoms with Crippen LogP contribution in [-0.2, 0) is 16.0 Å². The molecular weight excluding hydrogens is 342 g/mol. The average molecular weight is 365 g/mol. The molecule has 0 unspecified atom stereocenters. The molecule has 1 heterocycles. The van der Waals surface area contributed by atoms with E-state index in [2.05, 4.69) is 5.32 Å². The van der Waals surface area contributed by atoms with Crippen molar-refractivity contribution in [2.75, 3.05) is 27.2 Å². The fraction of sp³-hybridized carbons (Fsp3) is 0.286. The maximum absolute atomic E-state index is 12.6. The minimum atomic E-state index is -0.416. The lowest BCUT2D eigenvalue weighted by Crippen LogP contribution is -2.48. The van der Waals surface area contributed by atoms with Gasteiger partial charge in [0.15, 0.2) is 0 Å². The molecule has 0 aromatic heterocycles. The predicted octanol–water partition coefficient (Wildman–Crippen LogP) is 1.63. The molecule has 1 aliphatic rings. The summed E-state index contributed by atoms with van der Waals surface area (Å²) in [6, 6.07) is 16.4. The second kappa shape index (κ2) is 8.14. The molecule has 0 radical (unpaired) electrons. The molecule has 6 heteroatoms. The number of rotatable bonds is 6. The minimum absolute atomic E-state index is 0.134. The van der Waals surface area contributed by atoms with E-state index in [0.29, 0.717) is 17.7 Å².